The van der Waals surface area contributed by atoms with Gasteiger partial charge in [0.25, 0.3) is 0 Å². The number of esters is 1. The van der Waals surface area contributed by atoms with E-state index >= 15 is 0 Å². The van der Waals surface area contributed by atoms with Crippen LogP contribution in [0.2, 0.25) is 0 Å². The minimum atomic E-state index is -0.777. The number of rotatable bonds is 8. The summed E-state index contributed by atoms with van der Waals surface area (Å²) < 4.78 is 28.2. The van der Waals surface area contributed by atoms with Gasteiger partial charge in [0.15, 0.2) is 12.1 Å². The van der Waals surface area contributed by atoms with Gasteiger partial charge in [0, 0.05) is 20.1 Å². The van der Waals surface area contributed by atoms with E-state index in [1.54, 1.807) is 7.11 Å². The molecule has 0 radical (unpaired) electrons. The van der Waals surface area contributed by atoms with Gasteiger partial charge < -0.3 is 28.9 Å². The van der Waals surface area contributed by atoms with E-state index in [0.29, 0.717) is 6.42 Å². The summed E-state index contributed by atoms with van der Waals surface area (Å²) in [6.07, 6.45) is -1.49. The first kappa shape index (κ1) is 21.2. The first-order valence-corrected chi connectivity index (χ1v) is 9.45. The summed E-state index contributed by atoms with van der Waals surface area (Å²) in [5.41, 5.74) is 0.940. The van der Waals surface area contributed by atoms with Crippen LogP contribution in [0.15, 0.2) is 30.3 Å². The third-order valence-electron chi connectivity index (χ3n) is 5.10. The summed E-state index contributed by atoms with van der Waals surface area (Å²) in [5.74, 6) is -1.12. The number of fused-ring (bicyclic) bond motifs is 1. The summed E-state index contributed by atoms with van der Waals surface area (Å²) in [5, 5.41) is 12.1. The maximum atomic E-state index is 11.7. The quantitative estimate of drug-likeness (QED) is 0.529. The van der Waals surface area contributed by atoms with Crippen molar-refractivity contribution in [2.75, 3.05) is 14.2 Å². The molecular formula is C20H29NO7. The summed E-state index contributed by atoms with van der Waals surface area (Å²) in [6, 6.07) is 9.08. The topological polar surface area (TPSA) is 86.7 Å². The molecule has 28 heavy (non-hydrogen) atoms. The van der Waals surface area contributed by atoms with Crippen molar-refractivity contribution in [2.45, 2.75) is 69.7 Å². The molecule has 0 spiro atoms. The second-order valence-electron chi connectivity index (χ2n) is 7.53. The van der Waals surface area contributed by atoms with Crippen LogP contribution >= 0.6 is 0 Å². The third-order valence-corrected chi connectivity index (χ3v) is 5.10. The third kappa shape index (κ3) is 4.71. The fraction of sp³-hybridized carbons (Fsp3) is 0.650. The Kier molecular flexibility index (Phi) is 6.69. The SMILES string of the molecule is COC(=O)CCC([C@H]1O[C@H](OC)[C@H]2OC(C)(C)O[C@H]21)N(O)Cc1ccccc1. The zero-order valence-corrected chi connectivity index (χ0v) is 16.7. The fourth-order valence-corrected chi connectivity index (χ4v) is 3.83. The number of benzene rings is 1. The first-order chi connectivity index (χ1) is 13.3. The normalized spacial score (nSPS) is 29.6. The minimum Gasteiger partial charge on any atom is -0.469 e. The Morgan fingerprint density at radius 1 is 1.21 bits per heavy atom. The van der Waals surface area contributed by atoms with Crippen LogP contribution in [0.3, 0.4) is 0 Å². The van der Waals surface area contributed by atoms with Crippen LogP contribution in [0.1, 0.15) is 32.3 Å². The van der Waals surface area contributed by atoms with E-state index in [4.69, 9.17) is 23.7 Å². The molecule has 2 saturated heterocycles. The van der Waals surface area contributed by atoms with E-state index < -0.39 is 36.4 Å². The molecule has 5 atom stereocenters. The van der Waals surface area contributed by atoms with Crippen LogP contribution in [-0.2, 0) is 35.0 Å². The second-order valence-corrected chi connectivity index (χ2v) is 7.53. The number of carbonyl (C=O) groups excluding carboxylic acids is 1. The summed E-state index contributed by atoms with van der Waals surface area (Å²) in [4.78, 5) is 11.7. The van der Waals surface area contributed by atoms with Gasteiger partial charge in [-0.05, 0) is 25.8 Å². The molecule has 0 amide bonds. The predicted molar refractivity (Wildman–Crippen MR) is 98.3 cm³/mol. The van der Waals surface area contributed by atoms with Crippen molar-refractivity contribution in [3.63, 3.8) is 0 Å². The molecule has 0 bridgehead atoms. The van der Waals surface area contributed by atoms with Crippen LogP contribution in [-0.4, -0.2) is 66.9 Å². The van der Waals surface area contributed by atoms with E-state index in [1.807, 2.05) is 44.2 Å². The number of hydroxylamine groups is 2. The standard InChI is InChI=1S/C20H29NO7/c1-20(2)27-17-16(26-19(25-4)18(17)28-20)14(10-11-15(22)24-3)21(23)12-13-8-6-5-7-9-13/h5-9,14,16-19,23H,10-12H2,1-4H3/t14?,16-,17+,18+,19+/m1/s1. The Labute approximate surface area is 165 Å². The summed E-state index contributed by atoms with van der Waals surface area (Å²) in [7, 11) is 2.89. The zero-order chi connectivity index (χ0) is 20.3. The molecule has 2 fully saturated rings. The van der Waals surface area contributed by atoms with Gasteiger partial charge in [0.1, 0.15) is 18.3 Å². The Balaban J connectivity index is 1.80. The molecule has 3 rings (SSSR count). The molecule has 1 aromatic carbocycles. The summed E-state index contributed by atoms with van der Waals surface area (Å²) >= 11 is 0. The van der Waals surface area contributed by atoms with Gasteiger partial charge in [0.05, 0.1) is 13.2 Å². The van der Waals surface area contributed by atoms with Crippen molar-refractivity contribution < 1.29 is 33.7 Å². The lowest BCUT2D eigenvalue weighted by atomic mass is 9.98. The van der Waals surface area contributed by atoms with Crippen molar-refractivity contribution in [1.82, 2.24) is 5.06 Å². The Morgan fingerprint density at radius 3 is 2.54 bits per heavy atom. The number of ether oxygens (including phenoxy) is 5. The predicted octanol–water partition coefficient (Wildman–Crippen LogP) is 2.09. The highest BCUT2D eigenvalue weighted by Crippen LogP contribution is 2.41. The lowest BCUT2D eigenvalue weighted by Crippen LogP contribution is -2.47. The van der Waals surface area contributed by atoms with E-state index in [1.165, 1.54) is 12.2 Å². The maximum Gasteiger partial charge on any atom is 0.305 e. The van der Waals surface area contributed by atoms with Gasteiger partial charge in [-0.1, -0.05) is 30.3 Å². The highest BCUT2D eigenvalue weighted by Gasteiger charge is 2.58. The van der Waals surface area contributed by atoms with Gasteiger partial charge in [-0.15, -0.1) is 0 Å². The van der Waals surface area contributed by atoms with Crippen LogP contribution in [0.25, 0.3) is 0 Å². The molecule has 0 aliphatic carbocycles. The number of methoxy groups -OCH3 is 2. The summed E-state index contributed by atoms with van der Waals surface area (Å²) in [6.45, 7) is 3.95. The molecule has 8 nitrogen and oxygen atoms in total. The van der Waals surface area contributed by atoms with E-state index in [2.05, 4.69) is 0 Å². The average molecular weight is 395 g/mol. The van der Waals surface area contributed by atoms with Gasteiger partial charge in [0.2, 0.25) is 0 Å². The number of nitrogens with zero attached hydrogens (tertiary/aromatic N) is 1. The van der Waals surface area contributed by atoms with Gasteiger partial charge in [-0.3, -0.25) is 4.79 Å². The average Bonchev–Trinajstić information content (AvgIpc) is 3.15. The largest absolute Gasteiger partial charge is 0.469 e. The van der Waals surface area contributed by atoms with E-state index in [-0.39, 0.29) is 18.9 Å². The lowest BCUT2D eigenvalue weighted by Gasteiger charge is -2.33. The molecule has 2 aliphatic heterocycles. The molecular weight excluding hydrogens is 366 g/mol. The van der Waals surface area contributed by atoms with Crippen LogP contribution in [0, 0.1) is 0 Å². The van der Waals surface area contributed by atoms with Crippen LogP contribution < -0.4 is 0 Å². The molecule has 2 aliphatic rings. The van der Waals surface area contributed by atoms with Crippen molar-refractivity contribution in [1.29, 1.82) is 0 Å². The number of hydrogen-bond donors (Lipinski definition) is 1. The second kappa shape index (κ2) is 8.86. The lowest BCUT2D eigenvalue weighted by molar-refractivity contribution is -0.250. The van der Waals surface area contributed by atoms with E-state index in [9.17, 15) is 10.0 Å². The Morgan fingerprint density at radius 2 is 1.89 bits per heavy atom. The number of hydrogen-bond acceptors (Lipinski definition) is 8. The minimum absolute atomic E-state index is 0.145. The van der Waals surface area contributed by atoms with Crippen molar-refractivity contribution in [3.05, 3.63) is 35.9 Å². The Bertz CT molecular complexity index is 653. The van der Waals surface area contributed by atoms with Crippen LogP contribution in [0.4, 0.5) is 0 Å². The fourth-order valence-electron chi connectivity index (χ4n) is 3.83. The highest BCUT2D eigenvalue weighted by atomic mass is 16.8. The van der Waals surface area contributed by atoms with Crippen molar-refractivity contribution in [2.24, 2.45) is 0 Å². The van der Waals surface area contributed by atoms with Crippen molar-refractivity contribution >= 4 is 5.97 Å². The molecule has 0 saturated carbocycles. The van der Waals surface area contributed by atoms with Gasteiger partial charge >= 0.3 is 5.97 Å². The van der Waals surface area contributed by atoms with Crippen molar-refractivity contribution in [3.8, 4) is 0 Å². The maximum absolute atomic E-state index is 11.7. The number of carbonyl (C=O) groups is 1. The first-order valence-electron chi connectivity index (χ1n) is 9.45. The molecule has 156 valence electrons. The van der Waals surface area contributed by atoms with E-state index in [0.717, 1.165) is 5.56 Å². The molecule has 8 heteroatoms. The van der Waals surface area contributed by atoms with Crippen LogP contribution in [0.5, 0.6) is 0 Å². The monoisotopic (exact) mass is 395 g/mol. The van der Waals surface area contributed by atoms with Gasteiger partial charge in [-0.2, -0.15) is 5.06 Å². The molecule has 1 unspecified atom stereocenters. The molecule has 2 heterocycles. The Hall–Kier alpha value is -1.55. The molecule has 1 N–H and O–H groups in total. The molecule has 1 aromatic rings. The zero-order valence-electron chi connectivity index (χ0n) is 16.7. The molecule has 0 aromatic heterocycles. The van der Waals surface area contributed by atoms with Gasteiger partial charge in [-0.25, -0.2) is 0 Å². The highest BCUT2D eigenvalue weighted by molar-refractivity contribution is 5.69. The smallest absolute Gasteiger partial charge is 0.305 e.